The van der Waals surface area contributed by atoms with Crippen molar-refractivity contribution in [3.05, 3.63) is 40.1 Å². The molecule has 1 amide bonds. The number of rotatable bonds is 4. The van der Waals surface area contributed by atoms with Gasteiger partial charge in [0.25, 0.3) is 0 Å². The first-order chi connectivity index (χ1) is 12.9. The minimum absolute atomic E-state index is 0.0441. The predicted octanol–water partition coefficient (Wildman–Crippen LogP) is 4.92. The summed E-state index contributed by atoms with van der Waals surface area (Å²) in [4.78, 5) is 27.1. The van der Waals surface area contributed by atoms with Gasteiger partial charge in [0, 0.05) is 16.6 Å². The Bertz CT molecular complexity index is 766. The number of esters is 1. The third kappa shape index (κ3) is 3.90. The number of amides is 1. The molecule has 1 heterocycles. The van der Waals surface area contributed by atoms with Gasteiger partial charge in [0.1, 0.15) is 23.1 Å². The molecule has 3 rings (SSSR count). The van der Waals surface area contributed by atoms with Gasteiger partial charge in [0.05, 0.1) is 6.61 Å². The van der Waals surface area contributed by atoms with Gasteiger partial charge >= 0.3 is 12.1 Å². The van der Waals surface area contributed by atoms with Crippen LogP contribution in [0.4, 0.5) is 4.79 Å². The van der Waals surface area contributed by atoms with Crippen molar-refractivity contribution in [1.82, 2.24) is 4.90 Å². The third-order valence-electron chi connectivity index (χ3n) is 5.08. The van der Waals surface area contributed by atoms with Crippen LogP contribution in [-0.2, 0) is 9.53 Å². The van der Waals surface area contributed by atoms with E-state index in [4.69, 9.17) is 21.1 Å². The molecule has 0 bridgehead atoms. The van der Waals surface area contributed by atoms with E-state index in [1.165, 1.54) is 6.92 Å². The second-order valence-electron chi connectivity index (χ2n) is 6.87. The number of aliphatic hydroxyl groups is 1. The van der Waals surface area contributed by atoms with Crippen molar-refractivity contribution in [2.45, 2.75) is 58.0 Å². The zero-order chi connectivity index (χ0) is 19.6. The number of allylic oxidation sites excluding steroid dienone is 1. The van der Waals surface area contributed by atoms with Crippen LogP contribution in [0, 0.1) is 0 Å². The number of hydrogen-bond donors (Lipinski definition) is 1. The first-order valence-corrected chi connectivity index (χ1v) is 9.68. The lowest BCUT2D eigenvalue weighted by molar-refractivity contribution is -0.139. The molecule has 7 heteroatoms. The maximum absolute atomic E-state index is 12.9. The largest absolute Gasteiger partial charge is 0.512 e. The van der Waals surface area contributed by atoms with Crippen molar-refractivity contribution >= 4 is 23.7 Å². The monoisotopic (exact) mass is 393 g/mol. The topological polar surface area (TPSA) is 76.1 Å². The Morgan fingerprint density at radius 3 is 2.67 bits per heavy atom. The molecule has 27 heavy (non-hydrogen) atoms. The maximum atomic E-state index is 12.9. The molecule has 1 atom stereocenters. The number of carbonyl (C=O) groups excluding carboxylic acids is 2. The molecule has 1 aromatic carbocycles. The summed E-state index contributed by atoms with van der Waals surface area (Å²) in [5, 5.41) is 10.8. The fourth-order valence-corrected chi connectivity index (χ4v) is 4.09. The molecular formula is C20H24ClNO5. The van der Waals surface area contributed by atoms with E-state index in [2.05, 4.69) is 0 Å². The van der Waals surface area contributed by atoms with E-state index >= 15 is 0 Å². The number of fused-ring (bicyclic) bond motifs is 1. The molecule has 0 saturated heterocycles. The van der Waals surface area contributed by atoms with Gasteiger partial charge in [-0.1, -0.05) is 30.9 Å². The van der Waals surface area contributed by atoms with Crippen LogP contribution in [0.15, 0.2) is 29.5 Å². The highest BCUT2D eigenvalue weighted by Gasteiger charge is 2.44. The summed E-state index contributed by atoms with van der Waals surface area (Å²) in [6, 6.07) is 4.03. The molecule has 2 aliphatic rings. The summed E-state index contributed by atoms with van der Waals surface area (Å²) in [6.07, 6.45) is 4.24. The van der Waals surface area contributed by atoms with Gasteiger partial charge in [-0.2, -0.15) is 0 Å². The van der Waals surface area contributed by atoms with Crippen LogP contribution in [0.2, 0.25) is 5.02 Å². The predicted molar refractivity (Wildman–Crippen MR) is 101 cm³/mol. The van der Waals surface area contributed by atoms with Crippen molar-refractivity contribution < 1.29 is 24.2 Å². The third-order valence-corrected chi connectivity index (χ3v) is 5.31. The Labute approximate surface area is 163 Å². The van der Waals surface area contributed by atoms with E-state index in [0.717, 1.165) is 32.1 Å². The lowest BCUT2D eigenvalue weighted by Gasteiger charge is -2.42. The van der Waals surface area contributed by atoms with Crippen molar-refractivity contribution in [3.8, 4) is 5.75 Å². The van der Waals surface area contributed by atoms with Crippen LogP contribution >= 0.6 is 11.6 Å². The number of nitrogens with zero attached hydrogens (tertiary/aromatic N) is 1. The van der Waals surface area contributed by atoms with Gasteiger partial charge in [-0.15, -0.1) is 0 Å². The van der Waals surface area contributed by atoms with E-state index in [1.807, 2.05) is 0 Å². The SMILES string of the molecule is CCOC(=O)/C(=C(/C)O)C1c2cc(Cl)ccc2OC(=O)N1C1CCCCC1. The Hall–Kier alpha value is -2.21. The highest BCUT2D eigenvalue weighted by atomic mass is 35.5. The van der Waals surface area contributed by atoms with Crippen LogP contribution in [0.25, 0.3) is 0 Å². The number of hydrogen-bond acceptors (Lipinski definition) is 5. The molecule has 1 unspecified atom stereocenters. The highest BCUT2D eigenvalue weighted by molar-refractivity contribution is 6.30. The van der Waals surface area contributed by atoms with Gasteiger partial charge in [0.15, 0.2) is 0 Å². The summed E-state index contributed by atoms with van der Waals surface area (Å²) in [7, 11) is 0. The van der Waals surface area contributed by atoms with Crippen molar-refractivity contribution in [2.75, 3.05) is 6.61 Å². The van der Waals surface area contributed by atoms with Crippen LogP contribution in [0.1, 0.15) is 57.6 Å². The summed E-state index contributed by atoms with van der Waals surface area (Å²) >= 11 is 6.18. The molecule has 0 aromatic heterocycles. The standard InChI is InChI=1S/C20H24ClNO5/c1-3-26-19(24)17(12(2)23)18-15-11-13(21)9-10-16(15)27-20(25)22(18)14-7-5-4-6-8-14/h9-11,14,18,23H,3-8H2,1-2H3/b17-12-. The van der Waals surface area contributed by atoms with Crippen molar-refractivity contribution in [1.29, 1.82) is 0 Å². The summed E-state index contributed by atoms with van der Waals surface area (Å²) in [5.41, 5.74) is 0.617. The Morgan fingerprint density at radius 1 is 1.33 bits per heavy atom. The van der Waals surface area contributed by atoms with Gasteiger partial charge in [-0.25, -0.2) is 9.59 Å². The Morgan fingerprint density at radius 2 is 2.04 bits per heavy atom. The van der Waals surface area contributed by atoms with Gasteiger partial charge in [0.2, 0.25) is 0 Å². The fourth-order valence-electron chi connectivity index (χ4n) is 3.91. The van der Waals surface area contributed by atoms with E-state index in [1.54, 1.807) is 30.0 Å². The number of carbonyl (C=O) groups is 2. The Balaban J connectivity index is 2.15. The number of halogens is 1. The molecule has 1 saturated carbocycles. The van der Waals surface area contributed by atoms with E-state index < -0.39 is 18.1 Å². The minimum atomic E-state index is -0.799. The van der Waals surface area contributed by atoms with E-state index in [-0.39, 0.29) is 24.0 Å². The second kappa shape index (κ2) is 8.21. The molecule has 1 aliphatic heterocycles. The summed E-state index contributed by atoms with van der Waals surface area (Å²) < 4.78 is 10.7. The van der Waals surface area contributed by atoms with Crippen LogP contribution in [0.3, 0.4) is 0 Å². The molecule has 1 fully saturated rings. The number of benzene rings is 1. The van der Waals surface area contributed by atoms with E-state index in [0.29, 0.717) is 16.3 Å². The first-order valence-electron chi connectivity index (χ1n) is 9.30. The Kier molecular flexibility index (Phi) is 5.95. The zero-order valence-corrected chi connectivity index (χ0v) is 16.3. The van der Waals surface area contributed by atoms with Crippen LogP contribution in [-0.4, -0.2) is 34.7 Å². The average Bonchev–Trinajstić information content (AvgIpc) is 2.63. The lowest BCUT2D eigenvalue weighted by Crippen LogP contribution is -2.49. The van der Waals surface area contributed by atoms with Gasteiger partial charge < -0.3 is 14.6 Å². The minimum Gasteiger partial charge on any atom is -0.512 e. The highest BCUT2D eigenvalue weighted by Crippen LogP contribution is 2.44. The van der Waals surface area contributed by atoms with Crippen molar-refractivity contribution in [3.63, 3.8) is 0 Å². The maximum Gasteiger partial charge on any atom is 0.416 e. The molecule has 0 radical (unpaired) electrons. The lowest BCUT2D eigenvalue weighted by atomic mass is 9.88. The second-order valence-corrected chi connectivity index (χ2v) is 7.31. The van der Waals surface area contributed by atoms with Crippen LogP contribution < -0.4 is 4.74 Å². The molecule has 1 N–H and O–H groups in total. The molecule has 1 aromatic rings. The quantitative estimate of drug-likeness (QED) is 0.446. The fraction of sp³-hybridized carbons (Fsp3) is 0.500. The summed E-state index contributed by atoms with van der Waals surface area (Å²) in [5.74, 6) is -0.492. The molecule has 1 aliphatic carbocycles. The normalized spacial score (nSPS) is 21.2. The molecule has 0 spiro atoms. The smallest absolute Gasteiger partial charge is 0.416 e. The number of aliphatic hydroxyl groups excluding tert-OH is 1. The van der Waals surface area contributed by atoms with Crippen molar-refractivity contribution in [2.24, 2.45) is 0 Å². The summed E-state index contributed by atoms with van der Waals surface area (Å²) in [6.45, 7) is 3.29. The molecule has 146 valence electrons. The van der Waals surface area contributed by atoms with Gasteiger partial charge in [-0.3, -0.25) is 4.90 Å². The number of ether oxygens (including phenoxy) is 2. The first kappa shape index (κ1) is 19.5. The van der Waals surface area contributed by atoms with Crippen LogP contribution in [0.5, 0.6) is 5.75 Å². The van der Waals surface area contributed by atoms with E-state index in [9.17, 15) is 14.7 Å². The zero-order valence-electron chi connectivity index (χ0n) is 15.5. The molecular weight excluding hydrogens is 370 g/mol. The average molecular weight is 394 g/mol. The molecule has 6 nitrogen and oxygen atoms in total. The van der Waals surface area contributed by atoms with Gasteiger partial charge in [-0.05, 0) is 44.9 Å².